The Labute approximate surface area is 207 Å². The minimum absolute atomic E-state index is 0.0000194. The zero-order chi connectivity index (χ0) is 23.6. The van der Waals surface area contributed by atoms with Crippen molar-refractivity contribution in [3.05, 3.63) is 51.2 Å². The van der Waals surface area contributed by atoms with Gasteiger partial charge in [-0.2, -0.15) is 0 Å². The van der Waals surface area contributed by atoms with Gasteiger partial charge < -0.3 is 20.7 Å². The van der Waals surface area contributed by atoms with Gasteiger partial charge in [-0.3, -0.25) is 14.4 Å². The van der Waals surface area contributed by atoms with Gasteiger partial charge in [0.15, 0.2) is 0 Å². The second kappa shape index (κ2) is 12.9. The van der Waals surface area contributed by atoms with Crippen LogP contribution in [0.25, 0.3) is 0 Å². The Morgan fingerprint density at radius 3 is 2.52 bits per heavy atom. The van der Waals surface area contributed by atoms with Gasteiger partial charge in [0.2, 0.25) is 11.8 Å². The molecule has 2 aromatic rings. The van der Waals surface area contributed by atoms with Crippen molar-refractivity contribution in [2.45, 2.75) is 38.3 Å². The minimum atomic E-state index is -0.207. The summed E-state index contributed by atoms with van der Waals surface area (Å²) in [4.78, 5) is 37.6. The summed E-state index contributed by atoms with van der Waals surface area (Å²) in [5.74, 6) is -0.183. The Bertz CT molecular complexity index is 961. The molecule has 0 atom stereocenters. The minimum Gasteiger partial charge on any atom is -0.370 e. The average Bonchev–Trinajstić information content (AvgIpc) is 3.25. The number of carbonyl (C=O) groups excluding carboxylic acids is 3. The first-order valence-electron chi connectivity index (χ1n) is 10.8. The lowest BCUT2D eigenvalue weighted by atomic mass is 9.85. The summed E-state index contributed by atoms with van der Waals surface area (Å²) in [6, 6.07) is 10.8. The maximum atomic E-state index is 12.9. The molecule has 1 aliphatic carbocycles. The quantitative estimate of drug-likeness (QED) is 0.329. The smallest absolute Gasteiger partial charge is 0.261 e. The van der Waals surface area contributed by atoms with Crippen LogP contribution in [0.15, 0.2) is 36.4 Å². The van der Waals surface area contributed by atoms with E-state index in [4.69, 9.17) is 27.9 Å². The van der Waals surface area contributed by atoms with Crippen molar-refractivity contribution in [2.24, 2.45) is 5.92 Å². The molecular formula is C23H27Cl2N3O4S. The fraction of sp³-hybridized carbons (Fsp3) is 0.435. The van der Waals surface area contributed by atoms with Crippen molar-refractivity contribution in [1.82, 2.24) is 10.6 Å². The molecule has 0 unspecified atom stereocenters. The number of para-hydroxylation sites is 1. The number of nitrogens with one attached hydrogen (secondary N) is 3. The Balaban J connectivity index is 1.47. The van der Waals surface area contributed by atoms with E-state index in [1.165, 1.54) is 11.3 Å². The van der Waals surface area contributed by atoms with E-state index in [0.717, 1.165) is 18.4 Å². The molecule has 1 fully saturated rings. The van der Waals surface area contributed by atoms with Gasteiger partial charge in [-0.25, -0.2) is 0 Å². The molecule has 1 aromatic carbocycles. The number of hydrogen-bond donors (Lipinski definition) is 3. The number of anilines is 1. The maximum Gasteiger partial charge on any atom is 0.261 e. The van der Waals surface area contributed by atoms with Crippen LogP contribution >= 0.6 is 34.5 Å². The lowest BCUT2D eigenvalue weighted by Gasteiger charge is -2.28. The molecule has 3 N–H and O–H groups in total. The van der Waals surface area contributed by atoms with Gasteiger partial charge in [-0.05, 0) is 49.4 Å². The second-order valence-electron chi connectivity index (χ2n) is 7.79. The summed E-state index contributed by atoms with van der Waals surface area (Å²) in [6.45, 7) is 0.630. The van der Waals surface area contributed by atoms with Crippen LogP contribution in [0.4, 0.5) is 5.69 Å². The van der Waals surface area contributed by atoms with Crippen LogP contribution in [0.1, 0.15) is 40.9 Å². The summed E-state index contributed by atoms with van der Waals surface area (Å²) >= 11 is 12.6. The van der Waals surface area contributed by atoms with Crippen LogP contribution in [0.5, 0.6) is 0 Å². The van der Waals surface area contributed by atoms with Crippen molar-refractivity contribution in [3.8, 4) is 0 Å². The first kappa shape index (κ1) is 25.5. The highest BCUT2D eigenvalue weighted by Gasteiger charge is 2.27. The van der Waals surface area contributed by atoms with E-state index in [1.807, 2.05) is 24.3 Å². The van der Waals surface area contributed by atoms with Crippen molar-refractivity contribution >= 4 is 57.9 Å². The molecule has 1 saturated carbocycles. The maximum absolute atomic E-state index is 12.9. The highest BCUT2D eigenvalue weighted by Crippen LogP contribution is 2.27. The lowest BCUT2D eigenvalue weighted by Crippen LogP contribution is -2.41. The third kappa shape index (κ3) is 7.99. The second-order valence-corrected chi connectivity index (χ2v) is 9.88. The Hall–Kier alpha value is -2.13. The van der Waals surface area contributed by atoms with Gasteiger partial charge in [-0.15, -0.1) is 22.9 Å². The van der Waals surface area contributed by atoms with E-state index in [-0.39, 0.29) is 42.8 Å². The third-order valence-electron chi connectivity index (χ3n) is 5.43. The number of rotatable bonds is 10. The molecule has 1 aliphatic rings. The standard InChI is InChI=1S/C23H27Cl2N3O4S/c24-11-12-32-14-21(29)27-17-7-5-15(6-8-17)22(30)28-18-4-2-1-3-16(18)13-26-23(31)19-9-10-20(25)33-19/h1-4,9-10,15,17H,5-8,11-14H2,(H,26,31)(H,27,29)(H,28,30). The number of hydrogen-bond acceptors (Lipinski definition) is 5. The molecular weight excluding hydrogens is 485 g/mol. The molecule has 1 heterocycles. The van der Waals surface area contributed by atoms with Crippen LogP contribution in [0.3, 0.4) is 0 Å². The molecule has 7 nitrogen and oxygen atoms in total. The molecule has 0 spiro atoms. The van der Waals surface area contributed by atoms with Gasteiger partial charge in [0.1, 0.15) is 6.61 Å². The summed E-state index contributed by atoms with van der Waals surface area (Å²) in [5, 5.41) is 8.83. The Morgan fingerprint density at radius 2 is 1.82 bits per heavy atom. The molecule has 0 aliphatic heterocycles. The third-order valence-corrected chi connectivity index (χ3v) is 6.81. The number of halogens is 2. The first-order chi connectivity index (χ1) is 16.0. The van der Waals surface area contributed by atoms with Gasteiger partial charge in [-0.1, -0.05) is 29.8 Å². The molecule has 0 bridgehead atoms. The summed E-state index contributed by atoms with van der Waals surface area (Å²) in [7, 11) is 0. The van der Waals surface area contributed by atoms with Crippen molar-refractivity contribution in [2.75, 3.05) is 24.4 Å². The van der Waals surface area contributed by atoms with Crippen LogP contribution < -0.4 is 16.0 Å². The topological polar surface area (TPSA) is 96.5 Å². The molecule has 33 heavy (non-hydrogen) atoms. The van der Waals surface area contributed by atoms with E-state index in [9.17, 15) is 14.4 Å². The fourth-order valence-corrected chi connectivity index (χ4v) is 4.79. The van der Waals surface area contributed by atoms with Crippen molar-refractivity contribution in [1.29, 1.82) is 0 Å². The van der Waals surface area contributed by atoms with Crippen LogP contribution in [-0.4, -0.2) is 42.9 Å². The van der Waals surface area contributed by atoms with E-state index >= 15 is 0 Å². The van der Waals surface area contributed by atoms with E-state index in [1.54, 1.807) is 12.1 Å². The number of alkyl halides is 1. The van der Waals surface area contributed by atoms with Crippen LogP contribution in [-0.2, 0) is 20.9 Å². The van der Waals surface area contributed by atoms with Crippen molar-refractivity contribution < 1.29 is 19.1 Å². The predicted molar refractivity (Wildman–Crippen MR) is 131 cm³/mol. The van der Waals surface area contributed by atoms with Crippen LogP contribution in [0, 0.1) is 5.92 Å². The number of ether oxygens (including phenoxy) is 1. The highest BCUT2D eigenvalue weighted by molar-refractivity contribution is 7.18. The average molecular weight is 512 g/mol. The summed E-state index contributed by atoms with van der Waals surface area (Å²) < 4.78 is 5.70. The summed E-state index contributed by atoms with van der Waals surface area (Å²) in [6.07, 6.45) is 2.86. The Morgan fingerprint density at radius 1 is 1.06 bits per heavy atom. The zero-order valence-electron chi connectivity index (χ0n) is 18.1. The largest absolute Gasteiger partial charge is 0.370 e. The molecule has 178 valence electrons. The molecule has 0 saturated heterocycles. The molecule has 10 heteroatoms. The number of thiophene rings is 1. The number of carbonyl (C=O) groups is 3. The normalized spacial score (nSPS) is 17.9. The van der Waals surface area contributed by atoms with Crippen molar-refractivity contribution in [3.63, 3.8) is 0 Å². The molecule has 3 rings (SSSR count). The highest BCUT2D eigenvalue weighted by atomic mass is 35.5. The monoisotopic (exact) mass is 511 g/mol. The fourth-order valence-electron chi connectivity index (χ4n) is 3.72. The zero-order valence-corrected chi connectivity index (χ0v) is 20.4. The number of benzene rings is 1. The number of amides is 3. The Kier molecular flexibility index (Phi) is 9.99. The first-order valence-corrected chi connectivity index (χ1v) is 12.5. The SMILES string of the molecule is O=C(COCCCl)NC1CCC(C(=O)Nc2ccccc2CNC(=O)c2ccc(Cl)s2)CC1. The van der Waals surface area contributed by atoms with Gasteiger partial charge in [0, 0.05) is 30.1 Å². The van der Waals surface area contributed by atoms with E-state index < -0.39 is 0 Å². The molecule has 1 aromatic heterocycles. The summed E-state index contributed by atoms with van der Waals surface area (Å²) in [5.41, 5.74) is 1.50. The van der Waals surface area contributed by atoms with Gasteiger partial charge in [0.05, 0.1) is 15.8 Å². The van der Waals surface area contributed by atoms with E-state index in [2.05, 4.69) is 16.0 Å². The molecule has 3 amide bonds. The van der Waals surface area contributed by atoms with Crippen LogP contribution in [0.2, 0.25) is 4.34 Å². The predicted octanol–water partition coefficient (Wildman–Crippen LogP) is 4.20. The molecule has 0 radical (unpaired) electrons. The van der Waals surface area contributed by atoms with Gasteiger partial charge in [0.25, 0.3) is 5.91 Å². The van der Waals surface area contributed by atoms with E-state index in [0.29, 0.717) is 40.2 Å². The lowest BCUT2D eigenvalue weighted by molar-refractivity contribution is -0.126. The van der Waals surface area contributed by atoms with Gasteiger partial charge >= 0.3 is 0 Å².